The molecule has 0 atom stereocenters. The van der Waals surface area contributed by atoms with Gasteiger partial charge in [-0.1, -0.05) is 24.3 Å². The number of halogens is 3. The van der Waals surface area contributed by atoms with Crippen molar-refractivity contribution in [1.29, 1.82) is 0 Å². The van der Waals surface area contributed by atoms with Crippen molar-refractivity contribution in [2.45, 2.75) is 6.10 Å². The Kier molecular flexibility index (Phi) is 9.43. The van der Waals surface area contributed by atoms with Crippen LogP contribution in [-0.4, -0.2) is 86.4 Å². The van der Waals surface area contributed by atoms with Crippen LogP contribution < -0.4 is 0 Å². The number of rotatable bonds is 6. The third-order valence-electron chi connectivity index (χ3n) is 5.96. The average Bonchev–Trinajstić information content (AvgIpc) is 2.84. The number of morpholine rings is 1. The molecule has 33 heavy (non-hydrogen) atoms. The fraction of sp³-hybridized carbons (Fsp3) is 0.458. The molecule has 4 rings (SSSR count). The van der Waals surface area contributed by atoms with Gasteiger partial charge in [-0.2, -0.15) is 0 Å². The van der Waals surface area contributed by atoms with Gasteiger partial charge >= 0.3 is 6.03 Å². The van der Waals surface area contributed by atoms with Crippen molar-refractivity contribution in [3.05, 3.63) is 71.3 Å². The van der Waals surface area contributed by atoms with Gasteiger partial charge in [0.1, 0.15) is 17.7 Å². The minimum atomic E-state index is -0.402. The van der Waals surface area contributed by atoms with E-state index >= 15 is 0 Å². The van der Waals surface area contributed by atoms with Gasteiger partial charge in [-0.3, -0.25) is 4.90 Å². The molecule has 2 aliphatic heterocycles. The number of carbonyl (C=O) groups excluding carboxylic acids is 1. The first-order valence-corrected chi connectivity index (χ1v) is 11.1. The van der Waals surface area contributed by atoms with Gasteiger partial charge in [0.2, 0.25) is 0 Å². The van der Waals surface area contributed by atoms with Gasteiger partial charge in [0.15, 0.2) is 0 Å². The second-order valence-electron chi connectivity index (χ2n) is 8.06. The van der Waals surface area contributed by atoms with Gasteiger partial charge in [0, 0.05) is 45.8 Å². The first-order valence-electron chi connectivity index (χ1n) is 11.1. The average molecular weight is 482 g/mol. The highest BCUT2D eigenvalue weighted by Crippen LogP contribution is 2.26. The normalized spacial score (nSPS) is 17.2. The van der Waals surface area contributed by atoms with Crippen LogP contribution in [0.3, 0.4) is 0 Å². The molecule has 0 spiro atoms. The summed E-state index contributed by atoms with van der Waals surface area (Å²) in [5.41, 5.74) is 1.64. The molecule has 0 aliphatic carbocycles. The van der Waals surface area contributed by atoms with Crippen molar-refractivity contribution in [3.8, 4) is 0 Å². The van der Waals surface area contributed by atoms with Crippen molar-refractivity contribution in [3.63, 3.8) is 0 Å². The Bertz CT molecular complexity index is 826. The molecule has 0 bridgehead atoms. The van der Waals surface area contributed by atoms with Crippen LogP contribution in [-0.2, 0) is 9.47 Å². The molecule has 6 nitrogen and oxygen atoms in total. The third-order valence-corrected chi connectivity index (χ3v) is 5.96. The van der Waals surface area contributed by atoms with Gasteiger partial charge in [0.25, 0.3) is 0 Å². The van der Waals surface area contributed by atoms with E-state index in [-0.39, 0.29) is 30.1 Å². The molecule has 2 aromatic carbocycles. The van der Waals surface area contributed by atoms with E-state index in [2.05, 4.69) is 4.90 Å². The molecule has 0 aromatic heterocycles. The number of piperazine rings is 1. The topological polar surface area (TPSA) is 45.2 Å². The molecule has 2 heterocycles. The number of nitrogens with zero attached hydrogens (tertiary/aromatic N) is 3. The zero-order chi connectivity index (χ0) is 22.3. The van der Waals surface area contributed by atoms with Crippen LogP contribution >= 0.6 is 12.4 Å². The zero-order valence-electron chi connectivity index (χ0n) is 18.5. The van der Waals surface area contributed by atoms with E-state index in [1.165, 1.54) is 24.3 Å². The lowest BCUT2D eigenvalue weighted by atomic mass is 10.0. The van der Waals surface area contributed by atoms with Gasteiger partial charge in [-0.05, 0) is 35.4 Å². The summed E-state index contributed by atoms with van der Waals surface area (Å²) >= 11 is 0. The molecule has 0 unspecified atom stereocenters. The predicted octanol–water partition coefficient (Wildman–Crippen LogP) is 3.56. The quantitative estimate of drug-likeness (QED) is 0.633. The minimum absolute atomic E-state index is 0. The standard InChI is InChI=1S/C24H29F2N3O3.ClH/c25-21-5-1-19(2-6-21)23(20-3-7-22(26)8-4-20)32-18-13-27-9-11-28(12-10-27)24(30)29-14-16-31-17-15-29;/h1-8,23H,9-18H2;1H. The summed E-state index contributed by atoms with van der Waals surface area (Å²) in [5.74, 6) is -0.618. The highest BCUT2D eigenvalue weighted by Gasteiger charge is 2.26. The molecule has 2 aromatic rings. The van der Waals surface area contributed by atoms with Crippen LogP contribution in [0.25, 0.3) is 0 Å². The second-order valence-corrected chi connectivity index (χ2v) is 8.06. The monoisotopic (exact) mass is 481 g/mol. The van der Waals surface area contributed by atoms with Gasteiger partial charge in [-0.25, -0.2) is 13.6 Å². The Hall–Kier alpha value is -2.26. The summed E-state index contributed by atoms with van der Waals surface area (Å²) in [7, 11) is 0. The van der Waals surface area contributed by atoms with Crippen LogP contribution in [0.5, 0.6) is 0 Å². The summed E-state index contributed by atoms with van der Waals surface area (Å²) in [5, 5.41) is 0. The molecular formula is C24H30ClF2N3O3. The Labute approximate surface area is 199 Å². The molecular weight excluding hydrogens is 452 g/mol. The van der Waals surface area contributed by atoms with Crippen LogP contribution in [0.4, 0.5) is 13.6 Å². The van der Waals surface area contributed by atoms with Gasteiger partial charge in [-0.15, -0.1) is 12.4 Å². The summed E-state index contributed by atoms with van der Waals surface area (Å²) in [6.45, 7) is 6.66. The van der Waals surface area contributed by atoms with E-state index in [9.17, 15) is 13.6 Å². The number of urea groups is 1. The third kappa shape index (κ3) is 6.86. The fourth-order valence-electron chi connectivity index (χ4n) is 4.08. The molecule has 2 saturated heterocycles. The van der Waals surface area contributed by atoms with Crippen molar-refractivity contribution in [2.24, 2.45) is 0 Å². The summed E-state index contributed by atoms with van der Waals surface area (Å²) in [4.78, 5) is 18.7. The summed E-state index contributed by atoms with van der Waals surface area (Å²) in [6.07, 6.45) is -0.402. The Morgan fingerprint density at radius 3 is 1.82 bits per heavy atom. The lowest BCUT2D eigenvalue weighted by Gasteiger charge is -2.38. The molecule has 2 fully saturated rings. The van der Waals surface area contributed by atoms with E-state index < -0.39 is 6.10 Å². The first-order chi connectivity index (χ1) is 15.6. The second kappa shape index (κ2) is 12.3. The SMILES string of the molecule is Cl.O=C(N1CCOCC1)N1CCN(CCOC(c2ccc(F)cc2)c2ccc(F)cc2)CC1. The van der Waals surface area contributed by atoms with E-state index in [0.717, 1.165) is 30.8 Å². The Morgan fingerprint density at radius 1 is 0.818 bits per heavy atom. The first kappa shape index (κ1) is 25.4. The number of amides is 2. The number of carbonyl (C=O) groups is 1. The van der Waals surface area contributed by atoms with Crippen molar-refractivity contribution >= 4 is 18.4 Å². The van der Waals surface area contributed by atoms with E-state index in [1.54, 1.807) is 24.3 Å². The molecule has 9 heteroatoms. The highest BCUT2D eigenvalue weighted by molar-refractivity contribution is 5.85. The van der Waals surface area contributed by atoms with Gasteiger partial charge in [0.05, 0.1) is 19.8 Å². The fourth-order valence-corrected chi connectivity index (χ4v) is 4.08. The lowest BCUT2D eigenvalue weighted by Crippen LogP contribution is -2.55. The predicted molar refractivity (Wildman–Crippen MR) is 124 cm³/mol. The number of ether oxygens (including phenoxy) is 2. The van der Waals surface area contributed by atoms with Crippen LogP contribution in [0.15, 0.2) is 48.5 Å². The van der Waals surface area contributed by atoms with Crippen LogP contribution in [0.2, 0.25) is 0 Å². The van der Waals surface area contributed by atoms with Crippen LogP contribution in [0.1, 0.15) is 17.2 Å². The van der Waals surface area contributed by atoms with Crippen molar-refractivity contribution < 1.29 is 23.0 Å². The molecule has 0 N–H and O–H groups in total. The highest BCUT2D eigenvalue weighted by atomic mass is 35.5. The summed E-state index contributed by atoms with van der Waals surface area (Å²) < 4.78 is 38.2. The lowest BCUT2D eigenvalue weighted by molar-refractivity contribution is 0.0301. The number of benzene rings is 2. The summed E-state index contributed by atoms with van der Waals surface area (Å²) in [6, 6.07) is 12.5. The Morgan fingerprint density at radius 2 is 1.30 bits per heavy atom. The van der Waals surface area contributed by atoms with E-state index in [4.69, 9.17) is 9.47 Å². The number of hydrogen-bond acceptors (Lipinski definition) is 4. The molecule has 2 amide bonds. The van der Waals surface area contributed by atoms with Crippen LogP contribution in [0, 0.1) is 11.6 Å². The molecule has 180 valence electrons. The maximum atomic E-state index is 13.4. The maximum absolute atomic E-state index is 13.4. The van der Waals surface area contributed by atoms with Gasteiger partial charge < -0.3 is 19.3 Å². The smallest absolute Gasteiger partial charge is 0.320 e. The van der Waals surface area contributed by atoms with Crippen molar-refractivity contribution in [2.75, 3.05) is 65.6 Å². The minimum Gasteiger partial charge on any atom is -0.378 e. The molecule has 0 radical (unpaired) electrons. The number of hydrogen-bond donors (Lipinski definition) is 0. The van der Waals surface area contributed by atoms with E-state index in [0.29, 0.717) is 46.0 Å². The maximum Gasteiger partial charge on any atom is 0.320 e. The molecule has 0 saturated carbocycles. The Balaban J connectivity index is 0.00000306. The zero-order valence-corrected chi connectivity index (χ0v) is 19.3. The van der Waals surface area contributed by atoms with E-state index in [1.807, 2.05) is 9.80 Å². The molecule has 2 aliphatic rings. The largest absolute Gasteiger partial charge is 0.378 e. The van der Waals surface area contributed by atoms with Crippen molar-refractivity contribution in [1.82, 2.24) is 14.7 Å².